The van der Waals surface area contributed by atoms with Crippen LogP contribution >= 0.6 is 0 Å². The maximum Gasteiger partial charge on any atom is 0.254 e. The van der Waals surface area contributed by atoms with Gasteiger partial charge in [0.25, 0.3) is 5.91 Å². The number of ether oxygens (including phenoxy) is 1. The van der Waals surface area contributed by atoms with E-state index in [1.807, 2.05) is 61.2 Å². The summed E-state index contributed by atoms with van der Waals surface area (Å²) >= 11 is 0. The first-order valence-corrected chi connectivity index (χ1v) is 8.30. The maximum absolute atomic E-state index is 12.6. The van der Waals surface area contributed by atoms with E-state index in [2.05, 4.69) is 10.3 Å². The molecule has 1 aliphatic heterocycles. The highest BCUT2D eigenvalue weighted by Gasteiger charge is 2.26. The SMILES string of the molecule is CC1CN(C(=O)c2ccc(CNc3ccccn3)cc2)CC(C)O1. The van der Waals surface area contributed by atoms with Crippen molar-refractivity contribution in [3.63, 3.8) is 0 Å². The molecule has 2 heterocycles. The van der Waals surface area contributed by atoms with Gasteiger partial charge in [0, 0.05) is 31.4 Å². The molecule has 5 nitrogen and oxygen atoms in total. The van der Waals surface area contributed by atoms with Crippen molar-refractivity contribution in [2.45, 2.75) is 32.6 Å². The van der Waals surface area contributed by atoms with Gasteiger partial charge in [-0.2, -0.15) is 0 Å². The Kier molecular flexibility index (Phi) is 5.11. The normalized spacial score (nSPS) is 20.7. The number of rotatable bonds is 4. The number of carbonyl (C=O) groups excluding carboxylic acids is 1. The third-order valence-electron chi connectivity index (χ3n) is 4.05. The van der Waals surface area contributed by atoms with Crippen molar-refractivity contribution in [1.82, 2.24) is 9.88 Å². The number of aromatic nitrogens is 1. The topological polar surface area (TPSA) is 54.5 Å². The van der Waals surface area contributed by atoms with Gasteiger partial charge in [0.15, 0.2) is 0 Å². The summed E-state index contributed by atoms with van der Waals surface area (Å²) < 4.78 is 5.69. The zero-order chi connectivity index (χ0) is 16.9. The molecule has 1 aliphatic rings. The molecule has 126 valence electrons. The Balaban J connectivity index is 1.60. The van der Waals surface area contributed by atoms with Crippen LogP contribution in [0.15, 0.2) is 48.7 Å². The van der Waals surface area contributed by atoms with Crippen molar-refractivity contribution < 1.29 is 9.53 Å². The summed E-state index contributed by atoms with van der Waals surface area (Å²) in [5.74, 6) is 0.912. The van der Waals surface area contributed by atoms with Gasteiger partial charge in [0.05, 0.1) is 12.2 Å². The molecule has 0 aliphatic carbocycles. The Morgan fingerprint density at radius 1 is 1.17 bits per heavy atom. The second-order valence-corrected chi connectivity index (χ2v) is 6.23. The molecule has 3 rings (SSSR count). The van der Waals surface area contributed by atoms with E-state index < -0.39 is 0 Å². The minimum Gasteiger partial charge on any atom is -0.372 e. The van der Waals surface area contributed by atoms with Crippen LogP contribution in [0, 0.1) is 0 Å². The minimum atomic E-state index is 0.0706. The average Bonchev–Trinajstić information content (AvgIpc) is 2.60. The lowest BCUT2D eigenvalue weighted by atomic mass is 10.1. The van der Waals surface area contributed by atoms with Gasteiger partial charge in [-0.1, -0.05) is 18.2 Å². The van der Waals surface area contributed by atoms with E-state index in [1.165, 1.54) is 0 Å². The quantitative estimate of drug-likeness (QED) is 0.939. The molecule has 1 aromatic carbocycles. The number of pyridine rings is 1. The zero-order valence-electron chi connectivity index (χ0n) is 14.1. The highest BCUT2D eigenvalue weighted by Crippen LogP contribution is 2.15. The van der Waals surface area contributed by atoms with Gasteiger partial charge >= 0.3 is 0 Å². The summed E-state index contributed by atoms with van der Waals surface area (Å²) in [4.78, 5) is 18.7. The molecule has 0 spiro atoms. The van der Waals surface area contributed by atoms with Gasteiger partial charge in [-0.3, -0.25) is 4.79 Å². The number of hydrogen-bond acceptors (Lipinski definition) is 4. The van der Waals surface area contributed by atoms with Crippen molar-refractivity contribution in [1.29, 1.82) is 0 Å². The molecule has 5 heteroatoms. The second kappa shape index (κ2) is 7.45. The third-order valence-corrected chi connectivity index (χ3v) is 4.05. The van der Waals surface area contributed by atoms with Crippen molar-refractivity contribution >= 4 is 11.7 Å². The van der Waals surface area contributed by atoms with Crippen LogP contribution in [0.4, 0.5) is 5.82 Å². The van der Waals surface area contributed by atoms with Crippen LogP contribution in [0.5, 0.6) is 0 Å². The first kappa shape index (κ1) is 16.5. The summed E-state index contributed by atoms with van der Waals surface area (Å²) in [5.41, 5.74) is 1.83. The number of carbonyl (C=O) groups is 1. The van der Waals surface area contributed by atoms with E-state index in [4.69, 9.17) is 4.74 Å². The lowest BCUT2D eigenvalue weighted by Gasteiger charge is -2.35. The van der Waals surface area contributed by atoms with E-state index in [1.54, 1.807) is 6.20 Å². The molecule has 0 saturated carbocycles. The molecule has 24 heavy (non-hydrogen) atoms. The number of amides is 1. The van der Waals surface area contributed by atoms with Crippen LogP contribution in [-0.2, 0) is 11.3 Å². The summed E-state index contributed by atoms with van der Waals surface area (Å²) in [7, 11) is 0. The molecule has 1 aromatic heterocycles. The first-order valence-electron chi connectivity index (χ1n) is 8.30. The molecule has 2 atom stereocenters. The van der Waals surface area contributed by atoms with Crippen molar-refractivity contribution in [2.75, 3.05) is 18.4 Å². The summed E-state index contributed by atoms with van der Waals surface area (Å²) in [6, 6.07) is 13.5. The highest BCUT2D eigenvalue weighted by atomic mass is 16.5. The Labute approximate surface area is 142 Å². The lowest BCUT2D eigenvalue weighted by Crippen LogP contribution is -2.48. The number of nitrogens with one attached hydrogen (secondary N) is 1. The fourth-order valence-electron chi connectivity index (χ4n) is 2.95. The Morgan fingerprint density at radius 2 is 1.88 bits per heavy atom. The largest absolute Gasteiger partial charge is 0.372 e. The number of morpholine rings is 1. The van der Waals surface area contributed by atoms with E-state index >= 15 is 0 Å². The van der Waals surface area contributed by atoms with Crippen molar-refractivity contribution in [3.8, 4) is 0 Å². The molecule has 0 radical (unpaired) electrons. The maximum atomic E-state index is 12.6. The van der Waals surface area contributed by atoms with Gasteiger partial charge < -0.3 is 15.0 Å². The number of nitrogens with zero attached hydrogens (tertiary/aromatic N) is 2. The van der Waals surface area contributed by atoms with Gasteiger partial charge in [-0.05, 0) is 43.7 Å². The Bertz CT molecular complexity index is 663. The third kappa shape index (κ3) is 4.11. The average molecular weight is 325 g/mol. The predicted molar refractivity (Wildman–Crippen MR) is 93.9 cm³/mol. The molecular formula is C19H23N3O2. The number of anilines is 1. The zero-order valence-corrected chi connectivity index (χ0v) is 14.1. The molecular weight excluding hydrogens is 302 g/mol. The molecule has 1 N–H and O–H groups in total. The molecule has 2 aromatic rings. The minimum absolute atomic E-state index is 0.0706. The van der Waals surface area contributed by atoms with Crippen LogP contribution in [-0.4, -0.2) is 41.1 Å². The van der Waals surface area contributed by atoms with Crippen LogP contribution in [0.3, 0.4) is 0 Å². The van der Waals surface area contributed by atoms with Crippen LogP contribution in [0.2, 0.25) is 0 Å². The fraction of sp³-hybridized carbons (Fsp3) is 0.368. The van der Waals surface area contributed by atoms with Gasteiger partial charge in [0.2, 0.25) is 0 Å². The van der Waals surface area contributed by atoms with Crippen LogP contribution in [0.1, 0.15) is 29.8 Å². The number of hydrogen-bond donors (Lipinski definition) is 1. The first-order chi connectivity index (χ1) is 11.6. The smallest absolute Gasteiger partial charge is 0.254 e. The van der Waals surface area contributed by atoms with E-state index in [9.17, 15) is 4.79 Å². The van der Waals surface area contributed by atoms with Crippen LogP contribution < -0.4 is 5.32 Å². The molecule has 1 fully saturated rings. The Morgan fingerprint density at radius 3 is 2.50 bits per heavy atom. The van der Waals surface area contributed by atoms with E-state index in [-0.39, 0.29) is 18.1 Å². The predicted octanol–water partition coefficient (Wildman–Crippen LogP) is 2.94. The van der Waals surface area contributed by atoms with Gasteiger partial charge in [0.1, 0.15) is 5.82 Å². The molecule has 0 bridgehead atoms. The van der Waals surface area contributed by atoms with E-state index in [0.29, 0.717) is 19.6 Å². The summed E-state index contributed by atoms with van der Waals surface area (Å²) in [6.45, 7) is 5.97. The molecule has 1 amide bonds. The molecule has 1 saturated heterocycles. The monoisotopic (exact) mass is 325 g/mol. The van der Waals surface area contributed by atoms with Crippen molar-refractivity contribution in [2.24, 2.45) is 0 Å². The lowest BCUT2D eigenvalue weighted by molar-refractivity contribution is -0.0586. The standard InChI is InChI=1S/C19H23N3O2/c1-14-12-22(13-15(2)24-14)19(23)17-8-6-16(7-9-17)11-21-18-5-3-4-10-20-18/h3-10,14-15H,11-13H2,1-2H3,(H,20,21). The number of benzene rings is 1. The summed E-state index contributed by atoms with van der Waals surface area (Å²) in [6.07, 6.45) is 1.92. The fourth-order valence-corrected chi connectivity index (χ4v) is 2.95. The highest BCUT2D eigenvalue weighted by molar-refractivity contribution is 5.94. The van der Waals surface area contributed by atoms with Crippen LogP contribution in [0.25, 0.3) is 0 Å². The second-order valence-electron chi connectivity index (χ2n) is 6.23. The Hall–Kier alpha value is -2.40. The van der Waals surface area contributed by atoms with E-state index in [0.717, 1.165) is 16.9 Å². The van der Waals surface area contributed by atoms with Gasteiger partial charge in [-0.15, -0.1) is 0 Å². The molecule has 2 unspecified atom stereocenters. The van der Waals surface area contributed by atoms with Crippen molar-refractivity contribution in [3.05, 3.63) is 59.8 Å². The summed E-state index contributed by atoms with van der Waals surface area (Å²) in [5, 5.41) is 3.26. The van der Waals surface area contributed by atoms with Gasteiger partial charge in [-0.25, -0.2) is 4.98 Å².